The second-order valence-electron chi connectivity index (χ2n) is 7.26. The quantitative estimate of drug-likeness (QED) is 0.299. The first-order valence-corrected chi connectivity index (χ1v) is 10.2. The van der Waals surface area contributed by atoms with E-state index in [1.807, 2.05) is 0 Å². The van der Waals surface area contributed by atoms with E-state index < -0.39 is 11.7 Å². The second kappa shape index (κ2) is 9.41. The topological polar surface area (TPSA) is 59.7 Å². The summed E-state index contributed by atoms with van der Waals surface area (Å²) in [6.45, 7) is 0.659. The van der Waals surface area contributed by atoms with E-state index in [4.69, 9.17) is 12.2 Å². The van der Waals surface area contributed by atoms with Crippen molar-refractivity contribution >= 4 is 28.7 Å². The number of rotatable bonds is 6. The van der Waals surface area contributed by atoms with Gasteiger partial charge in [-0.05, 0) is 47.6 Å². The highest BCUT2D eigenvalue weighted by molar-refractivity contribution is 7.80. The molecule has 4 rings (SSSR count). The molecule has 33 heavy (non-hydrogen) atoms. The van der Waals surface area contributed by atoms with Crippen molar-refractivity contribution < 1.29 is 17.6 Å². The van der Waals surface area contributed by atoms with E-state index in [1.165, 1.54) is 29.1 Å². The maximum atomic E-state index is 13.0. The van der Waals surface area contributed by atoms with Gasteiger partial charge in [-0.25, -0.2) is 4.39 Å². The first-order chi connectivity index (χ1) is 15.7. The number of hydrogen-bond acceptors (Lipinski definition) is 3. The average Bonchev–Trinajstić information content (AvgIpc) is 3.38. The summed E-state index contributed by atoms with van der Waals surface area (Å²) in [5.41, 5.74) is 1.92. The van der Waals surface area contributed by atoms with Crippen LogP contribution in [0.4, 0.5) is 28.9 Å². The number of hydrogen-bond donors (Lipinski definition) is 2. The van der Waals surface area contributed by atoms with Crippen LogP contribution in [0.25, 0.3) is 0 Å². The lowest BCUT2D eigenvalue weighted by Gasteiger charge is -2.09. The SMILES string of the molecule is Fc1ccc(Cn2cc(NC(=S)Nc3cnn(Cc4cccc(C(F)(F)F)c4)c3)cn2)cc1. The minimum absolute atomic E-state index is 0.182. The minimum Gasteiger partial charge on any atom is -0.330 e. The average molecular weight is 474 g/mol. The van der Waals surface area contributed by atoms with Crippen molar-refractivity contribution in [2.24, 2.45) is 0 Å². The number of alkyl halides is 3. The van der Waals surface area contributed by atoms with Crippen molar-refractivity contribution in [1.82, 2.24) is 19.6 Å². The molecular formula is C22H18F4N6S. The van der Waals surface area contributed by atoms with Gasteiger partial charge in [0.05, 0.1) is 42.4 Å². The highest BCUT2D eigenvalue weighted by atomic mass is 32.1. The Labute approximate surface area is 191 Å². The smallest absolute Gasteiger partial charge is 0.330 e. The summed E-state index contributed by atoms with van der Waals surface area (Å²) in [5.74, 6) is -0.295. The highest BCUT2D eigenvalue weighted by Gasteiger charge is 2.30. The van der Waals surface area contributed by atoms with Crippen molar-refractivity contribution in [2.75, 3.05) is 10.6 Å². The third-order valence-corrected chi connectivity index (χ3v) is 4.84. The molecule has 0 aliphatic carbocycles. The van der Waals surface area contributed by atoms with Gasteiger partial charge in [0.1, 0.15) is 5.82 Å². The third-order valence-electron chi connectivity index (χ3n) is 4.64. The number of thiocarbonyl (C=S) groups is 1. The number of halogens is 4. The van der Waals surface area contributed by atoms with Crippen LogP contribution >= 0.6 is 12.2 Å². The normalized spacial score (nSPS) is 11.4. The van der Waals surface area contributed by atoms with Crippen LogP contribution in [0.5, 0.6) is 0 Å². The van der Waals surface area contributed by atoms with E-state index in [9.17, 15) is 17.6 Å². The zero-order valence-electron chi connectivity index (χ0n) is 17.1. The Morgan fingerprint density at radius 2 is 1.42 bits per heavy atom. The zero-order chi connectivity index (χ0) is 23.4. The number of aromatic nitrogens is 4. The van der Waals surface area contributed by atoms with Crippen molar-refractivity contribution in [2.45, 2.75) is 19.3 Å². The van der Waals surface area contributed by atoms with Crippen LogP contribution in [0, 0.1) is 5.82 Å². The summed E-state index contributed by atoms with van der Waals surface area (Å²) >= 11 is 5.31. The summed E-state index contributed by atoms with van der Waals surface area (Å²) in [6.07, 6.45) is 2.15. The van der Waals surface area contributed by atoms with Gasteiger partial charge in [0.25, 0.3) is 0 Å². The van der Waals surface area contributed by atoms with Crippen LogP contribution in [0.1, 0.15) is 16.7 Å². The van der Waals surface area contributed by atoms with Crippen molar-refractivity contribution in [3.8, 4) is 0 Å². The number of nitrogens with one attached hydrogen (secondary N) is 2. The Bertz CT molecular complexity index is 1250. The fourth-order valence-corrected chi connectivity index (χ4v) is 3.37. The molecule has 0 saturated heterocycles. The molecule has 4 aromatic rings. The second-order valence-corrected chi connectivity index (χ2v) is 7.67. The maximum absolute atomic E-state index is 13.0. The van der Waals surface area contributed by atoms with Gasteiger partial charge in [0.15, 0.2) is 5.11 Å². The molecule has 0 unspecified atom stereocenters. The Kier molecular flexibility index (Phi) is 6.40. The predicted molar refractivity (Wildman–Crippen MR) is 120 cm³/mol. The molecule has 2 N–H and O–H groups in total. The molecule has 0 fully saturated rings. The Balaban J connectivity index is 1.32. The molecule has 6 nitrogen and oxygen atoms in total. The summed E-state index contributed by atoms with van der Waals surface area (Å²) in [5, 5.41) is 14.7. The third kappa shape index (κ3) is 6.16. The van der Waals surface area contributed by atoms with Crippen LogP contribution in [0.15, 0.2) is 73.3 Å². The Hall–Kier alpha value is -3.73. The van der Waals surface area contributed by atoms with Crippen LogP contribution in [0.2, 0.25) is 0 Å². The molecular weight excluding hydrogens is 456 g/mol. The lowest BCUT2D eigenvalue weighted by Crippen LogP contribution is -2.18. The molecule has 0 atom stereocenters. The van der Waals surface area contributed by atoms with Gasteiger partial charge in [0.2, 0.25) is 0 Å². The predicted octanol–water partition coefficient (Wildman–Crippen LogP) is 5.14. The van der Waals surface area contributed by atoms with E-state index in [0.29, 0.717) is 28.6 Å². The van der Waals surface area contributed by atoms with E-state index in [1.54, 1.807) is 41.5 Å². The summed E-state index contributed by atoms with van der Waals surface area (Å²) in [6, 6.07) is 11.3. The maximum Gasteiger partial charge on any atom is 0.416 e. The van der Waals surface area contributed by atoms with Gasteiger partial charge in [-0.15, -0.1) is 0 Å². The first-order valence-electron chi connectivity index (χ1n) is 9.78. The largest absolute Gasteiger partial charge is 0.416 e. The molecule has 0 radical (unpaired) electrons. The fourth-order valence-electron chi connectivity index (χ4n) is 3.13. The van der Waals surface area contributed by atoms with Crippen molar-refractivity contribution in [3.63, 3.8) is 0 Å². The monoisotopic (exact) mass is 474 g/mol. The van der Waals surface area contributed by atoms with Gasteiger partial charge < -0.3 is 10.6 Å². The molecule has 2 aromatic carbocycles. The molecule has 0 amide bonds. The van der Waals surface area contributed by atoms with Gasteiger partial charge in [-0.3, -0.25) is 9.36 Å². The number of benzene rings is 2. The summed E-state index contributed by atoms with van der Waals surface area (Å²) in [7, 11) is 0. The lowest BCUT2D eigenvalue weighted by atomic mass is 10.1. The van der Waals surface area contributed by atoms with Crippen LogP contribution in [-0.2, 0) is 19.3 Å². The van der Waals surface area contributed by atoms with Crippen molar-refractivity contribution in [1.29, 1.82) is 0 Å². The van der Waals surface area contributed by atoms with E-state index in [2.05, 4.69) is 20.8 Å². The van der Waals surface area contributed by atoms with Gasteiger partial charge >= 0.3 is 6.18 Å². The number of anilines is 2. The minimum atomic E-state index is -4.39. The van der Waals surface area contributed by atoms with Crippen molar-refractivity contribution in [3.05, 3.63) is 95.8 Å². The summed E-state index contributed by atoms with van der Waals surface area (Å²) in [4.78, 5) is 0. The lowest BCUT2D eigenvalue weighted by molar-refractivity contribution is -0.137. The molecule has 0 aliphatic heterocycles. The van der Waals surface area contributed by atoms with Crippen LogP contribution < -0.4 is 10.6 Å². The van der Waals surface area contributed by atoms with Gasteiger partial charge in [-0.2, -0.15) is 23.4 Å². The Morgan fingerprint density at radius 3 is 2.00 bits per heavy atom. The standard InChI is InChI=1S/C22H18F4N6S/c23-18-6-4-15(5-7-18)11-31-13-19(9-27-31)29-21(33)30-20-10-28-32(14-20)12-16-2-1-3-17(8-16)22(24,25)26/h1-10,13-14H,11-12H2,(H2,29,30,33). The van der Waals surface area contributed by atoms with Gasteiger partial charge in [0, 0.05) is 12.4 Å². The van der Waals surface area contributed by atoms with E-state index >= 15 is 0 Å². The van der Waals surface area contributed by atoms with Crippen LogP contribution in [0.3, 0.4) is 0 Å². The molecule has 170 valence electrons. The Morgan fingerprint density at radius 1 is 0.848 bits per heavy atom. The van der Waals surface area contributed by atoms with E-state index in [-0.39, 0.29) is 12.4 Å². The first kappa shape index (κ1) is 22.5. The molecule has 2 aromatic heterocycles. The summed E-state index contributed by atoms with van der Waals surface area (Å²) < 4.78 is 54.9. The molecule has 11 heteroatoms. The fraction of sp³-hybridized carbons (Fsp3) is 0.136. The molecule has 0 bridgehead atoms. The molecule has 0 aliphatic rings. The highest BCUT2D eigenvalue weighted by Crippen LogP contribution is 2.29. The van der Waals surface area contributed by atoms with Gasteiger partial charge in [-0.1, -0.05) is 24.3 Å². The zero-order valence-corrected chi connectivity index (χ0v) is 17.9. The number of nitrogens with zero attached hydrogens (tertiary/aromatic N) is 4. The van der Waals surface area contributed by atoms with Crippen LogP contribution in [-0.4, -0.2) is 24.7 Å². The molecule has 2 heterocycles. The van der Waals surface area contributed by atoms with E-state index in [0.717, 1.165) is 17.7 Å². The molecule has 0 spiro atoms. The molecule has 0 saturated carbocycles.